The van der Waals surface area contributed by atoms with Crippen molar-refractivity contribution >= 4 is 28.5 Å². The Balaban J connectivity index is 1.92. The molecule has 0 heterocycles. The first-order chi connectivity index (χ1) is 9.06. The second kappa shape index (κ2) is 6.56. The van der Waals surface area contributed by atoms with Gasteiger partial charge in [-0.2, -0.15) is 0 Å². The van der Waals surface area contributed by atoms with Crippen LogP contribution in [0.1, 0.15) is 36.0 Å². The van der Waals surface area contributed by atoms with Crippen molar-refractivity contribution < 1.29 is 15.0 Å². The highest BCUT2D eigenvalue weighted by Crippen LogP contribution is 2.24. The summed E-state index contributed by atoms with van der Waals surface area (Å²) in [5, 5.41) is 22.1. The molecule has 3 N–H and O–H groups in total. The van der Waals surface area contributed by atoms with Gasteiger partial charge in [-0.15, -0.1) is 0 Å². The second-order valence-electron chi connectivity index (χ2n) is 5.06. The summed E-state index contributed by atoms with van der Waals surface area (Å²) in [5.41, 5.74) is 0.309. The molecule has 2 unspecified atom stereocenters. The van der Waals surface area contributed by atoms with Crippen LogP contribution in [-0.2, 0) is 0 Å². The van der Waals surface area contributed by atoms with Crippen molar-refractivity contribution in [2.24, 2.45) is 5.92 Å². The zero-order chi connectivity index (χ0) is 13.8. The highest BCUT2D eigenvalue weighted by molar-refractivity contribution is 14.1. The molecule has 1 aliphatic carbocycles. The lowest BCUT2D eigenvalue weighted by Gasteiger charge is -2.25. The Morgan fingerprint density at radius 2 is 2.21 bits per heavy atom. The molecule has 0 saturated heterocycles. The summed E-state index contributed by atoms with van der Waals surface area (Å²) in [4.78, 5) is 12.0. The van der Waals surface area contributed by atoms with Crippen molar-refractivity contribution in [3.8, 4) is 5.75 Å². The summed E-state index contributed by atoms with van der Waals surface area (Å²) in [6.45, 7) is 0.556. The van der Waals surface area contributed by atoms with E-state index >= 15 is 0 Å². The number of carbonyl (C=O) groups excluding carboxylic acids is 1. The van der Waals surface area contributed by atoms with Gasteiger partial charge in [-0.1, -0.05) is 6.42 Å². The molecule has 0 aliphatic heterocycles. The molecular formula is C14H18INO3. The van der Waals surface area contributed by atoms with E-state index in [0.717, 1.165) is 29.3 Å². The Hall–Kier alpha value is -0.820. The van der Waals surface area contributed by atoms with Gasteiger partial charge < -0.3 is 15.5 Å². The minimum atomic E-state index is -0.254. The van der Waals surface area contributed by atoms with Gasteiger partial charge >= 0.3 is 0 Å². The molecule has 4 nitrogen and oxygen atoms in total. The topological polar surface area (TPSA) is 69.6 Å². The lowest BCUT2D eigenvalue weighted by Crippen LogP contribution is -2.33. The molecule has 1 aromatic carbocycles. The number of carbonyl (C=O) groups is 1. The quantitative estimate of drug-likeness (QED) is 0.710. The van der Waals surface area contributed by atoms with Crippen LogP contribution in [-0.4, -0.2) is 28.8 Å². The van der Waals surface area contributed by atoms with E-state index in [1.807, 2.05) is 0 Å². The van der Waals surface area contributed by atoms with Crippen molar-refractivity contribution in [2.75, 3.05) is 6.54 Å². The molecule has 5 heteroatoms. The summed E-state index contributed by atoms with van der Waals surface area (Å²) in [7, 11) is 0. The number of aliphatic hydroxyl groups is 1. The first-order valence-electron chi connectivity index (χ1n) is 6.51. The predicted octanol–water partition coefficient (Wildman–Crippen LogP) is 2.28. The third kappa shape index (κ3) is 4.07. The maximum Gasteiger partial charge on any atom is 0.255 e. The van der Waals surface area contributed by atoms with E-state index in [9.17, 15) is 15.0 Å². The minimum Gasteiger partial charge on any atom is -0.507 e. The molecule has 1 saturated carbocycles. The van der Waals surface area contributed by atoms with E-state index < -0.39 is 0 Å². The summed E-state index contributed by atoms with van der Waals surface area (Å²) in [5.74, 6) is 0.0790. The van der Waals surface area contributed by atoms with Crippen LogP contribution in [0.4, 0.5) is 0 Å². The molecule has 1 amide bonds. The third-order valence-corrected chi connectivity index (χ3v) is 4.18. The fraction of sp³-hybridized carbons (Fsp3) is 0.500. The van der Waals surface area contributed by atoms with E-state index in [0.29, 0.717) is 18.0 Å². The van der Waals surface area contributed by atoms with Gasteiger partial charge in [0, 0.05) is 10.1 Å². The van der Waals surface area contributed by atoms with Crippen LogP contribution in [0.25, 0.3) is 0 Å². The largest absolute Gasteiger partial charge is 0.507 e. The predicted molar refractivity (Wildman–Crippen MR) is 81.1 cm³/mol. The van der Waals surface area contributed by atoms with E-state index in [2.05, 4.69) is 27.9 Å². The van der Waals surface area contributed by atoms with Gasteiger partial charge in [-0.25, -0.2) is 0 Å². The summed E-state index contributed by atoms with van der Waals surface area (Å²) >= 11 is 2.11. The minimum absolute atomic E-state index is 0.00148. The molecule has 104 valence electrons. The van der Waals surface area contributed by atoms with Gasteiger partial charge in [0.25, 0.3) is 5.91 Å². The number of nitrogens with one attached hydrogen (secondary N) is 1. The van der Waals surface area contributed by atoms with Crippen LogP contribution in [0.15, 0.2) is 18.2 Å². The van der Waals surface area contributed by atoms with Crippen molar-refractivity contribution in [3.63, 3.8) is 0 Å². The number of hydrogen-bond acceptors (Lipinski definition) is 3. The zero-order valence-corrected chi connectivity index (χ0v) is 12.8. The van der Waals surface area contributed by atoms with Crippen molar-refractivity contribution in [1.82, 2.24) is 5.32 Å². The molecule has 0 aromatic heterocycles. The van der Waals surface area contributed by atoms with E-state index in [-0.39, 0.29) is 17.8 Å². The van der Waals surface area contributed by atoms with Crippen molar-refractivity contribution in [2.45, 2.75) is 31.8 Å². The summed E-state index contributed by atoms with van der Waals surface area (Å²) in [6, 6.07) is 4.95. The van der Waals surface area contributed by atoms with Gasteiger partial charge in [0.15, 0.2) is 0 Å². The number of amides is 1. The number of aromatic hydroxyl groups is 1. The lowest BCUT2D eigenvalue weighted by molar-refractivity contribution is 0.0871. The molecule has 0 spiro atoms. The highest BCUT2D eigenvalue weighted by Gasteiger charge is 2.21. The fourth-order valence-electron chi connectivity index (χ4n) is 2.47. The number of phenols is 1. The van der Waals surface area contributed by atoms with Crippen LogP contribution < -0.4 is 5.32 Å². The Labute approximate surface area is 126 Å². The van der Waals surface area contributed by atoms with Crippen molar-refractivity contribution in [1.29, 1.82) is 0 Å². The lowest BCUT2D eigenvalue weighted by atomic mass is 9.87. The fourth-order valence-corrected chi connectivity index (χ4v) is 2.96. The van der Waals surface area contributed by atoms with Crippen LogP contribution in [0.3, 0.4) is 0 Å². The van der Waals surface area contributed by atoms with E-state index in [1.54, 1.807) is 12.1 Å². The van der Waals surface area contributed by atoms with Crippen LogP contribution in [0, 0.1) is 9.49 Å². The number of hydrogen-bond donors (Lipinski definition) is 3. The number of halogens is 1. The standard InChI is InChI=1S/C14H18INO3/c15-10-4-5-13(18)12(7-10)14(19)16-8-9-2-1-3-11(17)6-9/h4-5,7,9,11,17-18H,1-3,6,8H2,(H,16,19). The number of aliphatic hydroxyl groups excluding tert-OH is 1. The molecule has 2 rings (SSSR count). The third-order valence-electron chi connectivity index (χ3n) is 3.51. The summed E-state index contributed by atoms with van der Waals surface area (Å²) in [6.07, 6.45) is 3.42. The highest BCUT2D eigenvalue weighted by atomic mass is 127. The van der Waals surface area contributed by atoms with Crippen LogP contribution in [0.2, 0.25) is 0 Å². The van der Waals surface area contributed by atoms with Crippen LogP contribution >= 0.6 is 22.6 Å². The first-order valence-corrected chi connectivity index (χ1v) is 7.59. The smallest absolute Gasteiger partial charge is 0.255 e. The molecule has 1 aliphatic rings. The maximum absolute atomic E-state index is 12.0. The molecule has 19 heavy (non-hydrogen) atoms. The monoisotopic (exact) mass is 375 g/mol. The van der Waals surface area contributed by atoms with E-state index in [4.69, 9.17) is 0 Å². The van der Waals surface area contributed by atoms with Gasteiger partial charge in [-0.05, 0) is 66.0 Å². The Kier molecular flexibility index (Phi) is 5.04. The molecule has 1 fully saturated rings. The molecular weight excluding hydrogens is 357 g/mol. The number of phenolic OH excluding ortho intramolecular Hbond substituents is 1. The van der Waals surface area contributed by atoms with Gasteiger partial charge in [0.05, 0.1) is 11.7 Å². The normalized spacial score (nSPS) is 23.1. The molecule has 0 bridgehead atoms. The van der Waals surface area contributed by atoms with Crippen molar-refractivity contribution in [3.05, 3.63) is 27.3 Å². The SMILES string of the molecule is O=C(NCC1CCCC(O)C1)c1cc(I)ccc1O. The Bertz CT molecular complexity index is 464. The van der Waals surface area contributed by atoms with E-state index in [1.165, 1.54) is 6.07 Å². The average molecular weight is 375 g/mol. The molecule has 2 atom stereocenters. The Morgan fingerprint density at radius 1 is 1.42 bits per heavy atom. The van der Waals surface area contributed by atoms with Crippen LogP contribution in [0.5, 0.6) is 5.75 Å². The zero-order valence-electron chi connectivity index (χ0n) is 10.6. The summed E-state index contributed by atoms with van der Waals surface area (Å²) < 4.78 is 0.911. The Morgan fingerprint density at radius 3 is 2.95 bits per heavy atom. The van der Waals surface area contributed by atoms with Gasteiger partial charge in [0.1, 0.15) is 5.75 Å². The molecule has 0 radical (unpaired) electrons. The average Bonchev–Trinajstić information content (AvgIpc) is 2.39. The first kappa shape index (κ1) is 14.6. The number of benzene rings is 1. The second-order valence-corrected chi connectivity index (χ2v) is 6.30. The number of rotatable bonds is 3. The molecule has 1 aromatic rings. The maximum atomic E-state index is 12.0. The van der Waals surface area contributed by atoms with Gasteiger partial charge in [-0.3, -0.25) is 4.79 Å². The van der Waals surface area contributed by atoms with Gasteiger partial charge in [0.2, 0.25) is 0 Å².